The first-order chi connectivity index (χ1) is 15.2. The first-order valence-corrected chi connectivity index (χ1v) is 12.0. The number of unbranched alkanes of at least 4 members (excludes halogenated alkanes) is 4. The van der Waals surface area contributed by atoms with Gasteiger partial charge >= 0.3 is 5.97 Å². The summed E-state index contributed by atoms with van der Waals surface area (Å²) in [4.78, 5) is 24.9. The summed E-state index contributed by atoms with van der Waals surface area (Å²) in [6, 6.07) is 5.72. The lowest BCUT2D eigenvalue weighted by Gasteiger charge is -2.11. The first kappa shape index (κ1) is 26.0. The SMILES string of the molecule is COC(=O)C[C@@H](C)CC(=O)c1c(CCCCCCC#CC(C)C)n(C)c2ccc(Cl)cc12. The Bertz CT molecular complexity index is 994. The van der Waals surface area contributed by atoms with Gasteiger partial charge in [0.15, 0.2) is 5.78 Å². The second kappa shape index (κ2) is 12.7. The van der Waals surface area contributed by atoms with Crippen molar-refractivity contribution in [3.05, 3.63) is 34.5 Å². The number of esters is 1. The number of benzene rings is 1. The molecule has 0 unspecified atom stereocenters. The number of aryl methyl sites for hydroxylation is 1. The molecule has 0 spiro atoms. The lowest BCUT2D eigenvalue weighted by Crippen LogP contribution is -2.13. The van der Waals surface area contributed by atoms with E-state index in [4.69, 9.17) is 16.3 Å². The van der Waals surface area contributed by atoms with Crippen LogP contribution < -0.4 is 0 Å². The molecule has 1 aromatic carbocycles. The number of ether oxygens (including phenoxy) is 1. The normalized spacial score (nSPS) is 12.0. The van der Waals surface area contributed by atoms with Gasteiger partial charge in [0.05, 0.1) is 7.11 Å². The number of Topliss-reactive ketones (excluding diaryl/α,β-unsaturated/α-hetero) is 1. The molecular weight excluding hydrogens is 422 g/mol. The van der Waals surface area contributed by atoms with Gasteiger partial charge in [-0.15, -0.1) is 11.8 Å². The maximum absolute atomic E-state index is 13.3. The summed E-state index contributed by atoms with van der Waals surface area (Å²) in [5.74, 6) is 6.58. The van der Waals surface area contributed by atoms with Crippen LogP contribution in [0, 0.1) is 23.7 Å². The van der Waals surface area contributed by atoms with Crippen LogP contribution in [0.2, 0.25) is 5.02 Å². The van der Waals surface area contributed by atoms with Gasteiger partial charge < -0.3 is 9.30 Å². The molecule has 0 saturated carbocycles. The van der Waals surface area contributed by atoms with Crippen LogP contribution >= 0.6 is 11.6 Å². The van der Waals surface area contributed by atoms with Crippen LogP contribution in [-0.4, -0.2) is 23.4 Å². The highest BCUT2D eigenvalue weighted by atomic mass is 35.5. The molecule has 0 aliphatic carbocycles. The highest BCUT2D eigenvalue weighted by Crippen LogP contribution is 2.31. The fraction of sp³-hybridized carbons (Fsp3) is 0.556. The van der Waals surface area contributed by atoms with Crippen LogP contribution in [0.5, 0.6) is 0 Å². The summed E-state index contributed by atoms with van der Waals surface area (Å²) in [5.41, 5.74) is 2.82. The number of ketones is 1. The number of fused-ring (bicyclic) bond motifs is 1. The van der Waals surface area contributed by atoms with E-state index in [1.807, 2.05) is 32.2 Å². The number of carbonyl (C=O) groups excluding carboxylic acids is 2. The molecule has 5 heteroatoms. The van der Waals surface area contributed by atoms with Crippen molar-refractivity contribution in [1.29, 1.82) is 0 Å². The van der Waals surface area contributed by atoms with Gasteiger partial charge in [0.1, 0.15) is 0 Å². The highest BCUT2D eigenvalue weighted by Gasteiger charge is 2.23. The van der Waals surface area contributed by atoms with Crippen molar-refractivity contribution < 1.29 is 14.3 Å². The summed E-state index contributed by atoms with van der Waals surface area (Å²) in [6.45, 7) is 6.13. The number of rotatable bonds is 11. The van der Waals surface area contributed by atoms with Gasteiger partial charge in [-0.25, -0.2) is 0 Å². The largest absolute Gasteiger partial charge is 0.469 e. The van der Waals surface area contributed by atoms with E-state index < -0.39 is 0 Å². The van der Waals surface area contributed by atoms with Gasteiger partial charge in [0, 0.05) is 59.4 Å². The van der Waals surface area contributed by atoms with Gasteiger partial charge in [-0.1, -0.05) is 45.2 Å². The summed E-state index contributed by atoms with van der Waals surface area (Å²) in [6.07, 6.45) is 6.72. The molecule has 0 saturated heterocycles. The Morgan fingerprint density at radius 3 is 2.50 bits per heavy atom. The van der Waals surface area contributed by atoms with Gasteiger partial charge in [-0.3, -0.25) is 9.59 Å². The minimum atomic E-state index is -0.287. The summed E-state index contributed by atoms with van der Waals surface area (Å²) in [5, 5.41) is 1.52. The predicted octanol–water partition coefficient (Wildman–Crippen LogP) is 6.76. The zero-order valence-corrected chi connectivity index (χ0v) is 20.8. The van der Waals surface area contributed by atoms with Crippen molar-refractivity contribution in [1.82, 2.24) is 4.57 Å². The van der Waals surface area contributed by atoms with E-state index >= 15 is 0 Å². The van der Waals surface area contributed by atoms with Crippen molar-refractivity contribution in [2.24, 2.45) is 18.9 Å². The smallest absolute Gasteiger partial charge is 0.305 e. The Hall–Kier alpha value is -2.25. The Morgan fingerprint density at radius 2 is 1.81 bits per heavy atom. The van der Waals surface area contributed by atoms with Crippen LogP contribution in [-0.2, 0) is 23.0 Å². The van der Waals surface area contributed by atoms with Crippen LogP contribution in [0.25, 0.3) is 10.9 Å². The van der Waals surface area contributed by atoms with E-state index in [0.29, 0.717) is 17.4 Å². The van der Waals surface area contributed by atoms with Crippen molar-refractivity contribution in [3.8, 4) is 11.8 Å². The number of aromatic nitrogens is 1. The molecule has 32 heavy (non-hydrogen) atoms. The molecule has 2 rings (SSSR count). The number of halogens is 1. The second-order valence-corrected chi connectivity index (χ2v) is 9.38. The number of carbonyl (C=O) groups is 2. The number of hydrogen-bond acceptors (Lipinski definition) is 3. The lowest BCUT2D eigenvalue weighted by atomic mass is 9.94. The number of methoxy groups -OCH3 is 1. The van der Waals surface area contributed by atoms with E-state index in [1.54, 1.807) is 0 Å². The van der Waals surface area contributed by atoms with Crippen molar-refractivity contribution in [2.45, 2.75) is 72.1 Å². The maximum atomic E-state index is 13.3. The fourth-order valence-electron chi connectivity index (χ4n) is 4.07. The fourth-order valence-corrected chi connectivity index (χ4v) is 4.24. The molecule has 0 fully saturated rings. The zero-order chi connectivity index (χ0) is 23.7. The topological polar surface area (TPSA) is 48.3 Å². The number of hydrogen-bond donors (Lipinski definition) is 0. The summed E-state index contributed by atoms with van der Waals surface area (Å²) in [7, 11) is 3.39. The van der Waals surface area contributed by atoms with Crippen molar-refractivity contribution in [2.75, 3.05) is 7.11 Å². The third-order valence-corrected chi connectivity index (χ3v) is 5.93. The summed E-state index contributed by atoms with van der Waals surface area (Å²) < 4.78 is 6.88. The second-order valence-electron chi connectivity index (χ2n) is 8.94. The molecule has 4 nitrogen and oxygen atoms in total. The monoisotopic (exact) mass is 457 g/mol. The molecule has 174 valence electrons. The molecule has 0 amide bonds. The maximum Gasteiger partial charge on any atom is 0.305 e. The average molecular weight is 458 g/mol. The van der Waals surface area contributed by atoms with Gasteiger partial charge in [-0.05, 0) is 43.4 Å². The Morgan fingerprint density at radius 1 is 1.09 bits per heavy atom. The van der Waals surface area contributed by atoms with E-state index in [2.05, 4.69) is 30.3 Å². The van der Waals surface area contributed by atoms with Crippen LogP contribution in [0.1, 0.15) is 81.8 Å². The van der Waals surface area contributed by atoms with E-state index in [-0.39, 0.29) is 24.1 Å². The third kappa shape index (κ3) is 7.41. The minimum Gasteiger partial charge on any atom is -0.469 e. The Kier molecular flexibility index (Phi) is 10.3. The molecule has 1 heterocycles. The standard InChI is InChI=1S/C27H36ClNO3/c1-19(2)12-10-8-6-7-9-11-13-24-27(25(30)16-20(3)17-26(31)32-5)22-18-21(28)14-15-23(22)29(24)4/h14-15,18-20H,6-9,11,13,16-17H2,1-5H3/t20-/m0/s1. The average Bonchev–Trinajstić information content (AvgIpc) is 3.00. The molecule has 1 atom stereocenters. The van der Waals surface area contributed by atoms with Crippen molar-refractivity contribution >= 4 is 34.3 Å². The molecule has 0 aliphatic rings. The third-order valence-electron chi connectivity index (χ3n) is 5.69. The lowest BCUT2D eigenvalue weighted by molar-refractivity contribution is -0.141. The number of nitrogens with zero attached hydrogens (tertiary/aromatic N) is 1. The van der Waals surface area contributed by atoms with Crippen molar-refractivity contribution in [3.63, 3.8) is 0 Å². The molecule has 0 radical (unpaired) electrons. The molecule has 2 aromatic rings. The van der Waals surface area contributed by atoms with E-state index in [0.717, 1.165) is 60.7 Å². The van der Waals surface area contributed by atoms with Crippen LogP contribution in [0.3, 0.4) is 0 Å². The van der Waals surface area contributed by atoms with E-state index in [9.17, 15) is 9.59 Å². The van der Waals surface area contributed by atoms with Gasteiger partial charge in [0.25, 0.3) is 0 Å². The van der Waals surface area contributed by atoms with Crippen LogP contribution in [0.15, 0.2) is 18.2 Å². The highest BCUT2D eigenvalue weighted by molar-refractivity contribution is 6.31. The van der Waals surface area contributed by atoms with Gasteiger partial charge in [0.2, 0.25) is 0 Å². The Balaban J connectivity index is 2.12. The molecule has 0 bridgehead atoms. The quantitative estimate of drug-likeness (QED) is 0.162. The molecule has 1 aromatic heterocycles. The van der Waals surface area contributed by atoms with E-state index in [1.165, 1.54) is 7.11 Å². The van der Waals surface area contributed by atoms with Crippen LogP contribution in [0.4, 0.5) is 0 Å². The molecule has 0 aliphatic heterocycles. The molecular formula is C27H36ClNO3. The predicted molar refractivity (Wildman–Crippen MR) is 132 cm³/mol. The minimum absolute atomic E-state index is 0.0632. The first-order valence-electron chi connectivity index (χ1n) is 11.6. The molecule has 0 N–H and O–H groups in total. The summed E-state index contributed by atoms with van der Waals surface area (Å²) >= 11 is 6.26. The van der Waals surface area contributed by atoms with Gasteiger partial charge in [-0.2, -0.15) is 0 Å². The zero-order valence-electron chi connectivity index (χ0n) is 20.1. The Labute approximate surface area is 197 Å².